The normalized spacial score (nSPS) is 12.6. The summed E-state index contributed by atoms with van der Waals surface area (Å²) in [4.78, 5) is 14.8. The van der Waals surface area contributed by atoms with E-state index in [0.29, 0.717) is 9.88 Å². The van der Waals surface area contributed by atoms with Crippen LogP contribution in [0.3, 0.4) is 0 Å². The molecule has 0 aliphatic heterocycles. The van der Waals surface area contributed by atoms with E-state index >= 15 is 0 Å². The molecule has 0 saturated carbocycles. The molecule has 0 saturated heterocycles. The average Bonchev–Trinajstić information content (AvgIpc) is 2.86. The van der Waals surface area contributed by atoms with Crippen LogP contribution in [-0.4, -0.2) is 19.6 Å². The zero-order chi connectivity index (χ0) is 11.7. The Bertz CT molecular complexity index is 504. The van der Waals surface area contributed by atoms with E-state index in [0.717, 1.165) is 0 Å². The molecule has 6 nitrogen and oxygen atoms in total. The van der Waals surface area contributed by atoms with E-state index in [1.807, 2.05) is 0 Å². The van der Waals surface area contributed by atoms with E-state index in [1.165, 1.54) is 23.7 Å². The first-order valence-electron chi connectivity index (χ1n) is 4.54. The Kier molecular flexibility index (Phi) is 2.71. The van der Waals surface area contributed by atoms with E-state index in [2.05, 4.69) is 4.98 Å². The molecule has 0 bridgehead atoms. The number of aliphatic hydroxyl groups is 1. The summed E-state index contributed by atoms with van der Waals surface area (Å²) in [6.07, 6.45) is 3.96. The molecule has 84 valence electrons. The van der Waals surface area contributed by atoms with Gasteiger partial charge in [-0.3, -0.25) is 14.7 Å². The molecule has 1 atom stereocenters. The largest absolute Gasteiger partial charge is 0.388 e. The second-order valence-corrected chi connectivity index (χ2v) is 4.30. The third-order valence-electron chi connectivity index (χ3n) is 2.06. The molecule has 2 aromatic rings. The fraction of sp³-hybridized carbons (Fsp3) is 0.222. The molecule has 0 fully saturated rings. The number of aromatic nitrogens is 2. The van der Waals surface area contributed by atoms with E-state index < -0.39 is 11.0 Å². The van der Waals surface area contributed by atoms with Gasteiger partial charge in [-0.05, 0) is 6.92 Å². The number of aliphatic hydroxyl groups excluding tert-OH is 1. The minimum absolute atomic E-state index is 0.0149. The lowest BCUT2D eigenvalue weighted by molar-refractivity contribution is -0.384. The zero-order valence-electron chi connectivity index (χ0n) is 8.40. The van der Waals surface area contributed by atoms with Crippen LogP contribution in [0, 0.1) is 10.1 Å². The molecule has 0 radical (unpaired) electrons. The van der Waals surface area contributed by atoms with Crippen LogP contribution in [-0.2, 0) is 0 Å². The predicted molar refractivity (Wildman–Crippen MR) is 58.7 cm³/mol. The lowest BCUT2D eigenvalue weighted by Crippen LogP contribution is -1.93. The maximum atomic E-state index is 10.8. The molecule has 0 aliphatic rings. The molecular formula is C9H9N3O3S. The second kappa shape index (κ2) is 4.03. The molecule has 0 spiro atoms. The van der Waals surface area contributed by atoms with Crippen molar-refractivity contribution in [3.8, 4) is 5.00 Å². The van der Waals surface area contributed by atoms with E-state index in [1.54, 1.807) is 23.9 Å². The van der Waals surface area contributed by atoms with Gasteiger partial charge in [0.05, 0.1) is 17.4 Å². The van der Waals surface area contributed by atoms with Gasteiger partial charge in [-0.1, -0.05) is 0 Å². The highest BCUT2D eigenvalue weighted by atomic mass is 32.1. The van der Waals surface area contributed by atoms with Gasteiger partial charge in [-0.15, -0.1) is 11.3 Å². The zero-order valence-corrected chi connectivity index (χ0v) is 9.22. The van der Waals surface area contributed by atoms with E-state index in [9.17, 15) is 15.2 Å². The summed E-state index contributed by atoms with van der Waals surface area (Å²) in [5.41, 5.74) is -0.0149. The SMILES string of the molecule is C[C@@H](O)c1cc([N+](=O)[O-])c(-n2ccnc2)s1. The molecule has 0 amide bonds. The summed E-state index contributed by atoms with van der Waals surface area (Å²) < 4.78 is 1.56. The summed E-state index contributed by atoms with van der Waals surface area (Å²) in [5, 5.41) is 20.7. The van der Waals surface area contributed by atoms with Gasteiger partial charge in [0, 0.05) is 23.3 Å². The van der Waals surface area contributed by atoms with Crippen molar-refractivity contribution in [1.82, 2.24) is 9.55 Å². The summed E-state index contributed by atoms with van der Waals surface area (Å²) in [6.45, 7) is 1.58. The highest BCUT2D eigenvalue weighted by molar-refractivity contribution is 7.15. The molecule has 7 heteroatoms. The minimum Gasteiger partial charge on any atom is -0.388 e. The highest BCUT2D eigenvalue weighted by Gasteiger charge is 2.21. The fourth-order valence-corrected chi connectivity index (χ4v) is 2.31. The van der Waals surface area contributed by atoms with Crippen LogP contribution in [0.2, 0.25) is 0 Å². The lowest BCUT2D eigenvalue weighted by atomic mass is 10.3. The van der Waals surface area contributed by atoms with Gasteiger partial charge < -0.3 is 5.11 Å². The van der Waals surface area contributed by atoms with E-state index in [4.69, 9.17) is 0 Å². The minimum atomic E-state index is -0.707. The van der Waals surface area contributed by atoms with Crippen LogP contribution < -0.4 is 0 Å². The Balaban J connectivity index is 2.55. The molecule has 1 N–H and O–H groups in total. The number of nitro groups is 1. The maximum Gasteiger partial charge on any atom is 0.304 e. The number of rotatable bonds is 3. The number of hydrogen-bond donors (Lipinski definition) is 1. The van der Waals surface area contributed by atoms with Gasteiger partial charge in [0.15, 0.2) is 5.00 Å². The Morgan fingerprint density at radius 3 is 2.94 bits per heavy atom. The Labute approximate surface area is 94.9 Å². The number of hydrogen-bond acceptors (Lipinski definition) is 5. The van der Waals surface area contributed by atoms with Gasteiger partial charge in [0.2, 0.25) is 0 Å². The average molecular weight is 239 g/mol. The van der Waals surface area contributed by atoms with E-state index in [-0.39, 0.29) is 5.69 Å². The number of thiophene rings is 1. The Morgan fingerprint density at radius 2 is 2.44 bits per heavy atom. The first-order chi connectivity index (χ1) is 7.59. The van der Waals surface area contributed by atoms with Gasteiger partial charge in [-0.2, -0.15) is 0 Å². The first kappa shape index (κ1) is 10.8. The number of imidazole rings is 1. The van der Waals surface area contributed by atoms with Gasteiger partial charge in [0.1, 0.15) is 0 Å². The maximum absolute atomic E-state index is 10.8. The van der Waals surface area contributed by atoms with Crippen LogP contribution in [0.1, 0.15) is 17.9 Å². The van der Waals surface area contributed by atoms with Crippen LogP contribution in [0.4, 0.5) is 5.69 Å². The van der Waals surface area contributed by atoms with Crippen molar-refractivity contribution in [1.29, 1.82) is 0 Å². The van der Waals surface area contributed by atoms with Crippen LogP contribution in [0.15, 0.2) is 24.8 Å². The van der Waals surface area contributed by atoms with Gasteiger partial charge in [0.25, 0.3) is 0 Å². The third kappa shape index (κ3) is 1.82. The first-order valence-corrected chi connectivity index (χ1v) is 5.35. The summed E-state index contributed by atoms with van der Waals surface area (Å²) in [6, 6.07) is 1.39. The quantitative estimate of drug-likeness (QED) is 0.655. The van der Waals surface area contributed by atoms with Crippen LogP contribution in [0.5, 0.6) is 0 Å². The van der Waals surface area contributed by atoms with Crippen molar-refractivity contribution in [2.75, 3.05) is 0 Å². The molecular weight excluding hydrogens is 230 g/mol. The molecule has 2 rings (SSSR count). The van der Waals surface area contributed by atoms with Crippen LogP contribution in [0.25, 0.3) is 5.00 Å². The Morgan fingerprint density at radius 1 is 1.69 bits per heavy atom. The lowest BCUT2D eigenvalue weighted by Gasteiger charge is -1.97. The smallest absolute Gasteiger partial charge is 0.304 e. The van der Waals surface area contributed by atoms with Crippen molar-refractivity contribution in [3.63, 3.8) is 0 Å². The molecule has 0 unspecified atom stereocenters. The van der Waals surface area contributed by atoms with Crippen molar-refractivity contribution in [2.24, 2.45) is 0 Å². The van der Waals surface area contributed by atoms with Crippen molar-refractivity contribution in [2.45, 2.75) is 13.0 Å². The third-order valence-corrected chi connectivity index (χ3v) is 3.37. The van der Waals surface area contributed by atoms with Crippen LogP contribution >= 0.6 is 11.3 Å². The standard InChI is InChI=1S/C9H9N3O3S/c1-6(13)8-4-7(12(14)15)9(16-8)11-3-2-10-5-11/h2-6,13H,1H3/t6-/m1/s1. The molecule has 0 aromatic carbocycles. The molecule has 0 aliphatic carbocycles. The van der Waals surface area contributed by atoms with Gasteiger partial charge >= 0.3 is 5.69 Å². The molecule has 2 aromatic heterocycles. The predicted octanol–water partition coefficient (Wildman–Crippen LogP) is 1.90. The van der Waals surface area contributed by atoms with Crippen molar-refractivity contribution < 1.29 is 10.0 Å². The monoisotopic (exact) mass is 239 g/mol. The summed E-state index contributed by atoms with van der Waals surface area (Å²) in [5.74, 6) is 0. The topological polar surface area (TPSA) is 81.2 Å². The fourth-order valence-electron chi connectivity index (χ4n) is 1.29. The Hall–Kier alpha value is -1.73. The van der Waals surface area contributed by atoms with Crippen molar-refractivity contribution >= 4 is 17.0 Å². The second-order valence-electron chi connectivity index (χ2n) is 3.24. The summed E-state index contributed by atoms with van der Waals surface area (Å²) in [7, 11) is 0. The summed E-state index contributed by atoms with van der Waals surface area (Å²) >= 11 is 1.18. The van der Waals surface area contributed by atoms with Crippen molar-refractivity contribution in [3.05, 3.63) is 39.8 Å². The molecule has 2 heterocycles. The number of nitrogens with zero attached hydrogens (tertiary/aromatic N) is 3. The molecule has 16 heavy (non-hydrogen) atoms. The van der Waals surface area contributed by atoms with Gasteiger partial charge in [-0.25, -0.2) is 4.98 Å². The highest BCUT2D eigenvalue weighted by Crippen LogP contribution is 2.35.